The predicted octanol–water partition coefficient (Wildman–Crippen LogP) is 3.50. The summed E-state index contributed by atoms with van der Waals surface area (Å²) >= 11 is 3.36. The van der Waals surface area contributed by atoms with Gasteiger partial charge in [0, 0.05) is 5.33 Å². The van der Waals surface area contributed by atoms with Crippen molar-refractivity contribution in [2.24, 2.45) is 0 Å². The molecular weight excluding hydrogens is 316 g/mol. The fourth-order valence-electron chi connectivity index (χ4n) is 1.62. The summed E-state index contributed by atoms with van der Waals surface area (Å²) in [6.07, 6.45) is 0. The first-order chi connectivity index (χ1) is 8.50. The van der Waals surface area contributed by atoms with E-state index in [1.807, 2.05) is 24.3 Å². The minimum atomic E-state index is -4.15. The molecule has 2 aromatic carbocycles. The van der Waals surface area contributed by atoms with Gasteiger partial charge in [0.2, 0.25) is 0 Å². The molecule has 1 N–H and O–H groups in total. The van der Waals surface area contributed by atoms with Crippen LogP contribution in [0.15, 0.2) is 53.4 Å². The second-order valence-electron chi connectivity index (χ2n) is 3.83. The van der Waals surface area contributed by atoms with E-state index in [0.29, 0.717) is 0 Å². The number of halogens is 1. The van der Waals surface area contributed by atoms with Crippen LogP contribution < -0.4 is 0 Å². The van der Waals surface area contributed by atoms with Crippen molar-refractivity contribution in [1.29, 1.82) is 0 Å². The summed E-state index contributed by atoms with van der Waals surface area (Å²) < 4.78 is 31.1. The lowest BCUT2D eigenvalue weighted by atomic mass is 10.0. The minimum Gasteiger partial charge on any atom is -0.282 e. The summed E-state index contributed by atoms with van der Waals surface area (Å²) in [5.41, 5.74) is 2.81. The Bertz CT molecular complexity index is 648. The topological polar surface area (TPSA) is 54.4 Å². The lowest BCUT2D eigenvalue weighted by Crippen LogP contribution is -1.97. The first-order valence-electron chi connectivity index (χ1n) is 5.23. The highest BCUT2D eigenvalue weighted by molar-refractivity contribution is 9.08. The van der Waals surface area contributed by atoms with Crippen LogP contribution >= 0.6 is 15.9 Å². The molecule has 0 aliphatic carbocycles. The molecule has 5 heteroatoms. The van der Waals surface area contributed by atoms with Gasteiger partial charge in [-0.05, 0) is 28.8 Å². The van der Waals surface area contributed by atoms with Crippen molar-refractivity contribution in [2.45, 2.75) is 10.2 Å². The summed E-state index contributed by atoms with van der Waals surface area (Å²) in [7, 11) is -4.15. The zero-order valence-corrected chi connectivity index (χ0v) is 11.8. The Labute approximate surface area is 114 Å². The van der Waals surface area contributed by atoms with Gasteiger partial charge in [0.05, 0.1) is 4.90 Å². The van der Waals surface area contributed by atoms with Gasteiger partial charge in [-0.15, -0.1) is 0 Å². The summed E-state index contributed by atoms with van der Waals surface area (Å²) in [5.74, 6) is 0. The number of rotatable bonds is 3. The quantitative estimate of drug-likeness (QED) is 0.693. The molecule has 18 heavy (non-hydrogen) atoms. The van der Waals surface area contributed by atoms with Crippen LogP contribution in [0.5, 0.6) is 0 Å². The lowest BCUT2D eigenvalue weighted by molar-refractivity contribution is 0.483. The molecule has 0 aromatic heterocycles. The van der Waals surface area contributed by atoms with E-state index >= 15 is 0 Å². The predicted molar refractivity (Wildman–Crippen MR) is 74.3 cm³/mol. The summed E-state index contributed by atoms with van der Waals surface area (Å²) in [4.78, 5) is -0.0930. The molecule has 2 rings (SSSR count). The van der Waals surface area contributed by atoms with Crippen LogP contribution in [-0.4, -0.2) is 13.0 Å². The SMILES string of the molecule is O=S(=O)(O)c1cccc(-c2ccc(CBr)cc2)c1. The van der Waals surface area contributed by atoms with Crippen LogP contribution in [0.4, 0.5) is 0 Å². The Balaban J connectivity index is 2.44. The third-order valence-electron chi connectivity index (χ3n) is 2.57. The number of hydrogen-bond acceptors (Lipinski definition) is 2. The fraction of sp³-hybridized carbons (Fsp3) is 0.0769. The van der Waals surface area contributed by atoms with Gasteiger partial charge in [-0.1, -0.05) is 52.3 Å². The maximum atomic E-state index is 11.1. The molecule has 0 atom stereocenters. The van der Waals surface area contributed by atoms with E-state index in [1.165, 1.54) is 12.1 Å². The van der Waals surface area contributed by atoms with Gasteiger partial charge in [-0.3, -0.25) is 4.55 Å². The van der Waals surface area contributed by atoms with Crippen LogP contribution in [0, 0.1) is 0 Å². The molecule has 0 aliphatic heterocycles. The molecule has 3 nitrogen and oxygen atoms in total. The van der Waals surface area contributed by atoms with E-state index in [2.05, 4.69) is 15.9 Å². The zero-order valence-electron chi connectivity index (χ0n) is 9.38. The van der Waals surface area contributed by atoms with Crippen molar-refractivity contribution < 1.29 is 13.0 Å². The molecule has 0 radical (unpaired) electrons. The van der Waals surface area contributed by atoms with E-state index in [4.69, 9.17) is 4.55 Å². The van der Waals surface area contributed by atoms with E-state index in [9.17, 15) is 8.42 Å². The largest absolute Gasteiger partial charge is 0.294 e. The van der Waals surface area contributed by atoms with Crippen LogP contribution in [0.3, 0.4) is 0 Å². The van der Waals surface area contributed by atoms with Crippen molar-refractivity contribution in [3.05, 3.63) is 54.1 Å². The Morgan fingerprint density at radius 1 is 1.00 bits per heavy atom. The molecule has 0 saturated heterocycles. The second-order valence-corrected chi connectivity index (χ2v) is 5.82. The molecule has 0 saturated carbocycles. The van der Waals surface area contributed by atoms with Gasteiger partial charge in [0.25, 0.3) is 10.1 Å². The second kappa shape index (κ2) is 5.22. The van der Waals surface area contributed by atoms with Gasteiger partial charge in [0.1, 0.15) is 0 Å². The highest BCUT2D eigenvalue weighted by Gasteiger charge is 2.10. The van der Waals surface area contributed by atoms with Crippen LogP contribution in [0.2, 0.25) is 0 Å². The first-order valence-corrected chi connectivity index (χ1v) is 7.80. The maximum Gasteiger partial charge on any atom is 0.294 e. The molecule has 0 bridgehead atoms. The molecule has 94 valence electrons. The average Bonchev–Trinajstić information content (AvgIpc) is 2.38. The van der Waals surface area contributed by atoms with Crippen LogP contribution in [0.25, 0.3) is 11.1 Å². The molecule has 0 heterocycles. The summed E-state index contributed by atoms with van der Waals surface area (Å²) in [6, 6.07) is 14.0. The van der Waals surface area contributed by atoms with Crippen molar-refractivity contribution in [1.82, 2.24) is 0 Å². The average molecular weight is 327 g/mol. The van der Waals surface area contributed by atoms with Gasteiger partial charge in [-0.2, -0.15) is 8.42 Å². The summed E-state index contributed by atoms with van der Waals surface area (Å²) in [5, 5.41) is 0.776. The van der Waals surface area contributed by atoms with Crippen molar-refractivity contribution >= 4 is 26.0 Å². The fourth-order valence-corrected chi connectivity index (χ4v) is 2.52. The normalized spacial score (nSPS) is 11.4. The van der Waals surface area contributed by atoms with Crippen molar-refractivity contribution in [3.63, 3.8) is 0 Å². The van der Waals surface area contributed by atoms with Crippen LogP contribution in [-0.2, 0) is 15.4 Å². The van der Waals surface area contributed by atoms with Gasteiger partial charge in [-0.25, -0.2) is 0 Å². The Hall–Kier alpha value is -1.17. The first kappa shape index (κ1) is 13.3. The van der Waals surface area contributed by atoms with Gasteiger partial charge in [0.15, 0.2) is 0 Å². The highest BCUT2D eigenvalue weighted by atomic mass is 79.9. The molecular formula is C13H11BrO3S. The number of benzene rings is 2. The summed E-state index contributed by atoms with van der Waals surface area (Å²) in [6.45, 7) is 0. The molecule has 0 spiro atoms. The third-order valence-corrected chi connectivity index (χ3v) is 4.07. The third kappa shape index (κ3) is 2.98. The molecule has 0 amide bonds. The number of hydrogen-bond donors (Lipinski definition) is 1. The Morgan fingerprint density at radius 3 is 2.22 bits per heavy atom. The monoisotopic (exact) mass is 326 g/mol. The molecule has 0 unspecified atom stereocenters. The van der Waals surface area contributed by atoms with Gasteiger partial charge >= 0.3 is 0 Å². The smallest absolute Gasteiger partial charge is 0.282 e. The molecule has 0 aliphatic rings. The minimum absolute atomic E-state index is 0.0930. The maximum absolute atomic E-state index is 11.1. The Morgan fingerprint density at radius 2 is 1.67 bits per heavy atom. The van der Waals surface area contributed by atoms with Gasteiger partial charge < -0.3 is 0 Å². The van der Waals surface area contributed by atoms with Crippen molar-refractivity contribution in [3.8, 4) is 11.1 Å². The van der Waals surface area contributed by atoms with E-state index in [1.54, 1.807) is 12.1 Å². The van der Waals surface area contributed by atoms with Crippen LogP contribution in [0.1, 0.15) is 5.56 Å². The molecule has 0 fully saturated rings. The van der Waals surface area contributed by atoms with E-state index < -0.39 is 10.1 Å². The standard InChI is InChI=1S/C13H11BrO3S/c14-9-10-4-6-11(7-5-10)12-2-1-3-13(8-12)18(15,16)17/h1-8H,9H2,(H,15,16,17). The number of alkyl halides is 1. The van der Waals surface area contributed by atoms with E-state index in [0.717, 1.165) is 22.0 Å². The highest BCUT2D eigenvalue weighted by Crippen LogP contribution is 2.23. The zero-order chi connectivity index (χ0) is 13.2. The Kier molecular flexibility index (Phi) is 3.85. The van der Waals surface area contributed by atoms with Crippen molar-refractivity contribution in [2.75, 3.05) is 0 Å². The van der Waals surface area contributed by atoms with E-state index in [-0.39, 0.29) is 4.90 Å². The molecule has 2 aromatic rings. The lowest BCUT2D eigenvalue weighted by Gasteiger charge is -2.04.